The highest BCUT2D eigenvalue weighted by molar-refractivity contribution is 9.10. The van der Waals surface area contributed by atoms with E-state index < -0.39 is 0 Å². The molecule has 0 fully saturated rings. The minimum absolute atomic E-state index is 0.0260. The van der Waals surface area contributed by atoms with Crippen LogP contribution >= 0.6 is 15.9 Å². The maximum atomic E-state index is 5.74. The van der Waals surface area contributed by atoms with Crippen LogP contribution in [0.15, 0.2) is 40.9 Å². The van der Waals surface area contributed by atoms with Crippen LogP contribution in [0.1, 0.15) is 43.0 Å². The Hall–Kier alpha value is -1.80. The van der Waals surface area contributed by atoms with E-state index in [1.807, 2.05) is 0 Å². The molecule has 0 amide bonds. The molecule has 1 aliphatic rings. The first-order chi connectivity index (χ1) is 12.3. The average Bonchev–Trinajstić information content (AvgIpc) is 3.00. The summed E-state index contributed by atoms with van der Waals surface area (Å²) in [6, 6.07) is 13.7. The van der Waals surface area contributed by atoms with Crippen LogP contribution in [-0.2, 0) is 18.3 Å². The first-order valence-electron chi connectivity index (χ1n) is 9.23. The lowest BCUT2D eigenvalue weighted by Gasteiger charge is -2.25. The highest BCUT2D eigenvalue weighted by atomic mass is 79.9. The zero-order valence-electron chi connectivity index (χ0n) is 16.2. The Balaban J connectivity index is 2.05. The smallest absolute Gasteiger partial charge is 0.125 e. The van der Waals surface area contributed by atoms with E-state index in [2.05, 4.69) is 80.0 Å². The molecule has 0 radical (unpaired) electrons. The summed E-state index contributed by atoms with van der Waals surface area (Å²) >= 11 is 3.82. The van der Waals surface area contributed by atoms with Crippen molar-refractivity contribution in [1.29, 1.82) is 0 Å². The molecule has 0 spiro atoms. The lowest BCUT2D eigenvalue weighted by molar-refractivity contribution is 0.394. The highest BCUT2D eigenvalue weighted by Crippen LogP contribution is 2.43. The molecule has 4 rings (SSSR count). The summed E-state index contributed by atoms with van der Waals surface area (Å²) in [6.45, 7) is 8.89. The van der Waals surface area contributed by atoms with E-state index in [4.69, 9.17) is 4.74 Å². The van der Waals surface area contributed by atoms with Crippen molar-refractivity contribution in [3.05, 3.63) is 63.1 Å². The Labute approximate surface area is 164 Å². The van der Waals surface area contributed by atoms with E-state index >= 15 is 0 Å². The molecule has 3 aromatic rings. The molecule has 0 aromatic heterocycles. The molecule has 3 aromatic carbocycles. The van der Waals surface area contributed by atoms with Gasteiger partial charge in [0.05, 0.1) is 7.11 Å². The quantitative estimate of drug-likeness (QED) is 0.444. The molecule has 0 saturated heterocycles. The average molecular weight is 409 g/mol. The maximum Gasteiger partial charge on any atom is 0.125 e. The third-order valence-electron chi connectivity index (χ3n) is 5.54. The number of halogens is 1. The van der Waals surface area contributed by atoms with Gasteiger partial charge < -0.3 is 4.74 Å². The van der Waals surface area contributed by atoms with Crippen molar-refractivity contribution in [3.63, 3.8) is 0 Å². The van der Waals surface area contributed by atoms with Crippen molar-refractivity contribution >= 4 is 26.7 Å². The van der Waals surface area contributed by atoms with Gasteiger partial charge in [-0.1, -0.05) is 54.9 Å². The van der Waals surface area contributed by atoms with Gasteiger partial charge in [-0.2, -0.15) is 0 Å². The van der Waals surface area contributed by atoms with E-state index in [9.17, 15) is 0 Å². The summed E-state index contributed by atoms with van der Waals surface area (Å²) in [5.74, 6) is 1.01. The first kappa shape index (κ1) is 17.6. The minimum atomic E-state index is 0.0260. The second-order valence-electron chi connectivity index (χ2n) is 8.35. The molecular formula is C24H25BrO. The first-order valence-corrected chi connectivity index (χ1v) is 10.0. The summed E-state index contributed by atoms with van der Waals surface area (Å²) in [6.07, 6.45) is 2.30. The third-order valence-corrected chi connectivity index (χ3v) is 6.20. The van der Waals surface area contributed by atoms with Crippen molar-refractivity contribution in [3.8, 4) is 16.9 Å². The van der Waals surface area contributed by atoms with Crippen molar-refractivity contribution in [2.75, 3.05) is 7.11 Å². The maximum absolute atomic E-state index is 5.74. The zero-order chi connectivity index (χ0) is 18.6. The highest BCUT2D eigenvalue weighted by Gasteiger charge is 2.23. The van der Waals surface area contributed by atoms with Crippen molar-refractivity contribution < 1.29 is 4.74 Å². The molecule has 26 heavy (non-hydrogen) atoms. The number of rotatable bonds is 2. The van der Waals surface area contributed by atoms with Gasteiger partial charge in [-0.15, -0.1) is 0 Å². The lowest BCUT2D eigenvalue weighted by atomic mass is 9.82. The van der Waals surface area contributed by atoms with Gasteiger partial charge in [0, 0.05) is 15.4 Å². The predicted molar refractivity (Wildman–Crippen MR) is 114 cm³/mol. The Kier molecular flexibility index (Phi) is 4.15. The van der Waals surface area contributed by atoms with Crippen molar-refractivity contribution in [1.82, 2.24) is 0 Å². The minimum Gasteiger partial charge on any atom is -0.496 e. The van der Waals surface area contributed by atoms with Gasteiger partial charge in [0.15, 0.2) is 0 Å². The van der Waals surface area contributed by atoms with Crippen LogP contribution in [0.5, 0.6) is 5.75 Å². The lowest BCUT2D eigenvalue weighted by Crippen LogP contribution is -2.13. The van der Waals surface area contributed by atoms with Crippen LogP contribution in [0.25, 0.3) is 21.9 Å². The Morgan fingerprint density at radius 2 is 1.58 bits per heavy atom. The van der Waals surface area contributed by atoms with Crippen LogP contribution in [0, 0.1) is 6.92 Å². The second kappa shape index (κ2) is 6.13. The van der Waals surface area contributed by atoms with Gasteiger partial charge in [0.2, 0.25) is 0 Å². The molecule has 2 heteroatoms. The summed E-state index contributed by atoms with van der Waals surface area (Å²) in [4.78, 5) is 0. The van der Waals surface area contributed by atoms with Crippen LogP contribution < -0.4 is 4.74 Å². The molecule has 0 aliphatic heterocycles. The molecule has 1 aliphatic carbocycles. The standard InChI is InChI=1S/C24H25BrO/c1-14-12-17(13-19(23(14)26-5)24(2,3)4)18-10-8-15-6-7-16-9-11-20(25)22(18)21(15)16/h8-13H,6-7H2,1-5H3. The Bertz CT molecular complexity index is 1010. The molecule has 0 heterocycles. The van der Waals surface area contributed by atoms with E-state index in [0.717, 1.165) is 18.6 Å². The van der Waals surface area contributed by atoms with E-state index in [1.165, 1.54) is 48.6 Å². The second-order valence-corrected chi connectivity index (χ2v) is 9.21. The monoisotopic (exact) mass is 408 g/mol. The van der Waals surface area contributed by atoms with Crippen LogP contribution in [0.4, 0.5) is 0 Å². The fraction of sp³-hybridized carbons (Fsp3) is 0.333. The number of ether oxygens (including phenoxy) is 1. The van der Waals surface area contributed by atoms with Gasteiger partial charge in [0.25, 0.3) is 0 Å². The van der Waals surface area contributed by atoms with Crippen molar-refractivity contribution in [2.24, 2.45) is 0 Å². The summed E-state index contributed by atoms with van der Waals surface area (Å²) in [5, 5.41) is 2.80. The predicted octanol–water partition coefficient (Wildman–Crippen LogP) is 6.98. The molecule has 0 atom stereocenters. The molecule has 0 N–H and O–H groups in total. The number of methoxy groups -OCH3 is 1. The van der Waals surface area contributed by atoms with Crippen LogP contribution in [-0.4, -0.2) is 7.11 Å². The number of benzene rings is 3. The van der Waals surface area contributed by atoms with Gasteiger partial charge >= 0.3 is 0 Å². The van der Waals surface area contributed by atoms with Gasteiger partial charge in [-0.25, -0.2) is 0 Å². The van der Waals surface area contributed by atoms with Gasteiger partial charge in [0.1, 0.15) is 5.75 Å². The Morgan fingerprint density at radius 1 is 0.923 bits per heavy atom. The largest absolute Gasteiger partial charge is 0.496 e. The molecule has 0 saturated carbocycles. The van der Waals surface area contributed by atoms with Crippen LogP contribution in [0.3, 0.4) is 0 Å². The summed E-state index contributed by atoms with van der Waals surface area (Å²) in [7, 11) is 1.77. The fourth-order valence-corrected chi connectivity index (χ4v) is 4.83. The summed E-state index contributed by atoms with van der Waals surface area (Å²) < 4.78 is 6.92. The number of hydrogen-bond acceptors (Lipinski definition) is 1. The van der Waals surface area contributed by atoms with Crippen LogP contribution in [0.2, 0.25) is 0 Å². The van der Waals surface area contributed by atoms with Gasteiger partial charge in [-0.3, -0.25) is 0 Å². The van der Waals surface area contributed by atoms with Gasteiger partial charge in [-0.05, 0) is 76.6 Å². The zero-order valence-corrected chi connectivity index (χ0v) is 17.8. The van der Waals surface area contributed by atoms with E-state index in [0.29, 0.717) is 0 Å². The van der Waals surface area contributed by atoms with E-state index in [1.54, 1.807) is 7.11 Å². The molecule has 134 valence electrons. The molecule has 0 bridgehead atoms. The normalized spacial score (nSPS) is 13.5. The topological polar surface area (TPSA) is 9.23 Å². The van der Waals surface area contributed by atoms with Crippen molar-refractivity contribution in [2.45, 2.75) is 46.0 Å². The number of hydrogen-bond donors (Lipinski definition) is 0. The number of aryl methyl sites for hydroxylation is 3. The van der Waals surface area contributed by atoms with E-state index in [-0.39, 0.29) is 5.41 Å². The fourth-order valence-electron chi connectivity index (χ4n) is 4.29. The molecule has 0 unspecified atom stereocenters. The Morgan fingerprint density at radius 3 is 2.19 bits per heavy atom. The molecular weight excluding hydrogens is 384 g/mol. The summed E-state index contributed by atoms with van der Waals surface area (Å²) in [5.41, 5.74) is 7.99. The SMILES string of the molecule is COc1c(C)cc(-c2ccc3c4c(ccc(Br)c24)CC3)cc1C(C)(C)C. The third kappa shape index (κ3) is 2.66. The molecule has 1 nitrogen and oxygen atoms in total.